The smallest absolute Gasteiger partial charge is 0.236 e. The fraction of sp³-hybridized carbons (Fsp3) is 0.167. The number of thioether (sulfide) groups is 1. The Bertz CT molecular complexity index is 895. The van der Waals surface area contributed by atoms with Gasteiger partial charge < -0.3 is 15.4 Å². The molecule has 1 amide bonds. The van der Waals surface area contributed by atoms with Crippen molar-refractivity contribution in [2.24, 2.45) is 0 Å². The van der Waals surface area contributed by atoms with E-state index in [9.17, 15) is 9.90 Å². The first-order valence-corrected chi connectivity index (χ1v) is 9.23. The largest absolute Gasteiger partial charge is 0.508 e. The molecule has 0 aliphatic heterocycles. The number of imidazole rings is 1. The summed E-state index contributed by atoms with van der Waals surface area (Å²) in [6.07, 6.45) is 2.14. The number of carbonyl (C=O) groups excluding carboxylic acids is 1. The number of phenols is 1. The van der Waals surface area contributed by atoms with Crippen LogP contribution in [-0.4, -0.2) is 31.7 Å². The van der Waals surface area contributed by atoms with Gasteiger partial charge in [-0.15, -0.1) is 0 Å². The number of hydrogen-bond acceptors (Lipinski definition) is 5. The van der Waals surface area contributed by atoms with E-state index in [4.69, 9.17) is 11.6 Å². The van der Waals surface area contributed by atoms with Crippen LogP contribution in [0.2, 0.25) is 5.02 Å². The zero-order chi connectivity index (χ0) is 18.5. The molecule has 2 heterocycles. The van der Waals surface area contributed by atoms with E-state index in [1.165, 1.54) is 18.0 Å². The third kappa shape index (κ3) is 5.00. The Labute approximate surface area is 160 Å². The molecule has 0 radical (unpaired) electrons. The minimum atomic E-state index is -0.168. The lowest BCUT2D eigenvalue weighted by Crippen LogP contribution is -2.14. The second-order valence-electron chi connectivity index (χ2n) is 5.66. The number of aromatic nitrogens is 3. The van der Waals surface area contributed by atoms with Gasteiger partial charge in [0, 0.05) is 18.3 Å². The Hall–Kier alpha value is -2.51. The van der Waals surface area contributed by atoms with Crippen LogP contribution in [0.4, 0.5) is 5.82 Å². The predicted octanol–water partition coefficient (Wildman–Crippen LogP) is 3.79. The molecule has 0 atom stereocenters. The number of aromatic hydroxyl groups is 1. The van der Waals surface area contributed by atoms with Crippen molar-refractivity contribution in [2.75, 3.05) is 11.1 Å². The molecule has 3 rings (SSSR count). The summed E-state index contributed by atoms with van der Waals surface area (Å²) in [6.45, 7) is 1.95. The Morgan fingerprint density at radius 3 is 2.73 bits per heavy atom. The van der Waals surface area contributed by atoms with Crippen LogP contribution in [-0.2, 0) is 11.2 Å². The number of nitrogens with zero attached hydrogens (tertiary/aromatic N) is 2. The zero-order valence-electron chi connectivity index (χ0n) is 14.0. The highest BCUT2D eigenvalue weighted by molar-refractivity contribution is 7.99. The lowest BCUT2D eigenvalue weighted by atomic mass is 10.1. The van der Waals surface area contributed by atoms with E-state index in [1.54, 1.807) is 24.3 Å². The second kappa shape index (κ2) is 8.25. The van der Waals surface area contributed by atoms with E-state index in [2.05, 4.69) is 20.3 Å². The van der Waals surface area contributed by atoms with Gasteiger partial charge in [0.2, 0.25) is 5.91 Å². The highest BCUT2D eigenvalue weighted by Gasteiger charge is 2.11. The summed E-state index contributed by atoms with van der Waals surface area (Å²) in [5, 5.41) is 13.3. The molecule has 0 fully saturated rings. The average molecular weight is 389 g/mol. The highest BCUT2D eigenvalue weighted by atomic mass is 35.5. The molecule has 0 aliphatic rings. The molecule has 26 heavy (non-hydrogen) atoms. The number of aryl methyl sites for hydroxylation is 1. The van der Waals surface area contributed by atoms with Crippen LogP contribution in [0.25, 0.3) is 0 Å². The number of H-pyrrole nitrogens is 1. The lowest BCUT2D eigenvalue weighted by Gasteiger charge is -2.03. The number of hydrogen-bond donors (Lipinski definition) is 3. The van der Waals surface area contributed by atoms with Crippen molar-refractivity contribution in [3.63, 3.8) is 0 Å². The van der Waals surface area contributed by atoms with Crippen molar-refractivity contribution in [1.29, 1.82) is 0 Å². The first-order valence-electron chi connectivity index (χ1n) is 7.87. The minimum Gasteiger partial charge on any atom is -0.508 e. The van der Waals surface area contributed by atoms with Gasteiger partial charge in [0.05, 0.1) is 16.5 Å². The van der Waals surface area contributed by atoms with Crippen molar-refractivity contribution in [2.45, 2.75) is 18.5 Å². The van der Waals surface area contributed by atoms with Gasteiger partial charge in [-0.3, -0.25) is 4.79 Å². The lowest BCUT2D eigenvalue weighted by molar-refractivity contribution is -0.113. The quantitative estimate of drug-likeness (QED) is 0.559. The summed E-state index contributed by atoms with van der Waals surface area (Å²) < 4.78 is 0. The molecule has 8 heteroatoms. The maximum absolute atomic E-state index is 12.0. The number of rotatable bonds is 6. The van der Waals surface area contributed by atoms with Gasteiger partial charge in [-0.25, -0.2) is 9.97 Å². The number of benzene rings is 1. The van der Waals surface area contributed by atoms with E-state index in [1.807, 2.05) is 19.1 Å². The Kier molecular flexibility index (Phi) is 5.80. The summed E-state index contributed by atoms with van der Waals surface area (Å²) in [4.78, 5) is 23.8. The average Bonchev–Trinajstić information content (AvgIpc) is 2.97. The van der Waals surface area contributed by atoms with Crippen LogP contribution >= 0.6 is 23.4 Å². The number of phenolic OH excluding ortho intramolecular Hbond substituents is 1. The molecule has 0 bridgehead atoms. The minimum absolute atomic E-state index is 0.168. The van der Waals surface area contributed by atoms with Crippen LogP contribution in [0.15, 0.2) is 47.8 Å². The molecule has 0 spiro atoms. The van der Waals surface area contributed by atoms with Crippen LogP contribution in [0.3, 0.4) is 0 Å². The number of amides is 1. The Morgan fingerprint density at radius 2 is 2.04 bits per heavy atom. The van der Waals surface area contributed by atoms with Gasteiger partial charge in [0.15, 0.2) is 5.16 Å². The van der Waals surface area contributed by atoms with Gasteiger partial charge >= 0.3 is 0 Å². The Morgan fingerprint density at radius 1 is 1.27 bits per heavy atom. The molecule has 0 saturated heterocycles. The van der Waals surface area contributed by atoms with Crippen molar-refractivity contribution in [3.8, 4) is 5.75 Å². The van der Waals surface area contributed by atoms with Crippen LogP contribution in [0, 0.1) is 6.92 Å². The molecular weight excluding hydrogens is 372 g/mol. The molecular formula is C18H17ClN4O2S. The second-order valence-corrected chi connectivity index (χ2v) is 7.06. The van der Waals surface area contributed by atoms with Crippen LogP contribution < -0.4 is 5.32 Å². The number of anilines is 1. The van der Waals surface area contributed by atoms with E-state index in [-0.39, 0.29) is 17.4 Å². The van der Waals surface area contributed by atoms with E-state index < -0.39 is 0 Å². The van der Waals surface area contributed by atoms with Crippen LogP contribution in [0.5, 0.6) is 5.75 Å². The van der Waals surface area contributed by atoms with E-state index >= 15 is 0 Å². The van der Waals surface area contributed by atoms with Crippen molar-refractivity contribution in [3.05, 3.63) is 64.6 Å². The standard InChI is InChI=1S/C18H17ClN4O2S/c1-11-15(8-12-2-5-14(24)6-3-12)22-18(21-11)26-10-17(25)23-16-7-4-13(19)9-20-16/h2-7,9,24H,8,10H2,1H3,(H,21,22)(H,20,23,25). The first kappa shape index (κ1) is 18.3. The van der Waals surface area contributed by atoms with Gasteiger partial charge in [0.1, 0.15) is 11.6 Å². The molecule has 134 valence electrons. The number of nitrogens with one attached hydrogen (secondary N) is 2. The van der Waals surface area contributed by atoms with Gasteiger partial charge in [-0.05, 0) is 36.8 Å². The van der Waals surface area contributed by atoms with Crippen LogP contribution in [0.1, 0.15) is 17.0 Å². The van der Waals surface area contributed by atoms with Gasteiger partial charge in [-0.2, -0.15) is 0 Å². The highest BCUT2D eigenvalue weighted by Crippen LogP contribution is 2.20. The maximum atomic E-state index is 12.0. The number of halogens is 1. The van der Waals surface area contributed by atoms with E-state index in [0.29, 0.717) is 22.4 Å². The third-order valence-corrected chi connectivity index (χ3v) is 4.70. The van der Waals surface area contributed by atoms with Crippen molar-refractivity contribution in [1.82, 2.24) is 15.0 Å². The number of aromatic amines is 1. The summed E-state index contributed by atoms with van der Waals surface area (Å²) in [5.74, 6) is 0.753. The van der Waals surface area contributed by atoms with E-state index in [0.717, 1.165) is 17.0 Å². The normalized spacial score (nSPS) is 10.7. The van der Waals surface area contributed by atoms with Crippen molar-refractivity contribution < 1.29 is 9.90 Å². The first-order chi connectivity index (χ1) is 12.5. The molecule has 0 unspecified atom stereocenters. The molecule has 6 nitrogen and oxygen atoms in total. The molecule has 0 aliphatic carbocycles. The Balaban J connectivity index is 1.56. The maximum Gasteiger partial charge on any atom is 0.236 e. The SMILES string of the molecule is Cc1[nH]c(SCC(=O)Nc2ccc(Cl)cn2)nc1Cc1ccc(O)cc1. The monoisotopic (exact) mass is 388 g/mol. The topological polar surface area (TPSA) is 90.9 Å². The van der Waals surface area contributed by atoms with Gasteiger partial charge in [-0.1, -0.05) is 35.5 Å². The predicted molar refractivity (Wildman–Crippen MR) is 103 cm³/mol. The molecule has 1 aromatic carbocycles. The third-order valence-electron chi connectivity index (χ3n) is 3.61. The molecule has 3 aromatic rings. The summed E-state index contributed by atoms with van der Waals surface area (Å²) in [5.41, 5.74) is 2.93. The summed E-state index contributed by atoms with van der Waals surface area (Å²) >= 11 is 7.09. The fourth-order valence-corrected chi connectivity index (χ4v) is 3.13. The van der Waals surface area contributed by atoms with Crippen molar-refractivity contribution >= 4 is 35.1 Å². The number of carbonyl (C=O) groups is 1. The van der Waals surface area contributed by atoms with Gasteiger partial charge in [0.25, 0.3) is 0 Å². The molecule has 2 aromatic heterocycles. The summed E-state index contributed by atoms with van der Waals surface area (Å²) in [7, 11) is 0. The fourth-order valence-electron chi connectivity index (χ4n) is 2.28. The number of pyridine rings is 1. The summed E-state index contributed by atoms with van der Waals surface area (Å²) in [6, 6.07) is 10.4. The molecule has 0 saturated carbocycles. The zero-order valence-corrected chi connectivity index (χ0v) is 15.6. The molecule has 3 N–H and O–H groups in total.